The zero-order chi connectivity index (χ0) is 34.7. The molecular formula is C34H30Br2Cl2N2O7S. The van der Waals surface area contributed by atoms with Crippen LogP contribution in [0.1, 0.15) is 43.5 Å². The van der Waals surface area contributed by atoms with Gasteiger partial charge in [0.25, 0.3) is 5.56 Å². The number of aromatic nitrogens is 1. The van der Waals surface area contributed by atoms with Gasteiger partial charge in [0.05, 0.1) is 49.3 Å². The Morgan fingerprint density at radius 2 is 1.65 bits per heavy atom. The van der Waals surface area contributed by atoms with E-state index in [4.69, 9.17) is 46.9 Å². The van der Waals surface area contributed by atoms with Crippen LogP contribution in [0.4, 0.5) is 0 Å². The lowest BCUT2D eigenvalue weighted by Gasteiger charge is -2.26. The third kappa shape index (κ3) is 7.33. The monoisotopic (exact) mass is 838 g/mol. The molecule has 1 atom stereocenters. The van der Waals surface area contributed by atoms with E-state index in [9.17, 15) is 9.59 Å². The Morgan fingerprint density at radius 3 is 2.31 bits per heavy atom. The highest BCUT2D eigenvalue weighted by atomic mass is 79.9. The average Bonchev–Trinajstić information content (AvgIpc) is 3.35. The number of rotatable bonds is 11. The van der Waals surface area contributed by atoms with Gasteiger partial charge in [-0.25, -0.2) is 9.79 Å². The molecule has 0 aliphatic carbocycles. The molecule has 0 bridgehead atoms. The van der Waals surface area contributed by atoms with Crippen molar-refractivity contribution in [2.45, 2.75) is 33.4 Å². The van der Waals surface area contributed by atoms with Gasteiger partial charge < -0.3 is 23.7 Å². The van der Waals surface area contributed by atoms with E-state index in [1.807, 2.05) is 6.92 Å². The van der Waals surface area contributed by atoms with Gasteiger partial charge in [0.2, 0.25) is 0 Å². The summed E-state index contributed by atoms with van der Waals surface area (Å²) >= 11 is 20.8. The minimum atomic E-state index is -0.866. The summed E-state index contributed by atoms with van der Waals surface area (Å²) in [5.41, 5.74) is 2.36. The highest BCUT2D eigenvalue weighted by Gasteiger charge is 2.35. The minimum absolute atomic E-state index is 0.156. The van der Waals surface area contributed by atoms with Gasteiger partial charge in [0.1, 0.15) is 6.61 Å². The maximum atomic E-state index is 14.3. The quantitative estimate of drug-likeness (QED) is 0.144. The zero-order valence-electron chi connectivity index (χ0n) is 26.5. The molecule has 252 valence electrons. The first-order chi connectivity index (χ1) is 23.0. The molecule has 2 heterocycles. The first-order valence-corrected chi connectivity index (χ1v) is 17.8. The van der Waals surface area contributed by atoms with Crippen molar-refractivity contribution in [2.75, 3.05) is 27.4 Å². The summed E-state index contributed by atoms with van der Waals surface area (Å²) in [4.78, 5) is 32.8. The Morgan fingerprint density at radius 1 is 0.958 bits per heavy atom. The molecule has 1 aliphatic rings. The predicted molar refractivity (Wildman–Crippen MR) is 194 cm³/mol. The third-order valence-electron chi connectivity index (χ3n) is 7.36. The van der Waals surface area contributed by atoms with Crippen LogP contribution in [0, 0.1) is 0 Å². The van der Waals surface area contributed by atoms with Crippen LogP contribution < -0.4 is 33.8 Å². The van der Waals surface area contributed by atoms with E-state index in [1.54, 1.807) is 62.4 Å². The van der Waals surface area contributed by atoms with Crippen LogP contribution >= 0.6 is 66.4 Å². The first-order valence-electron chi connectivity index (χ1n) is 14.6. The second-order valence-electron chi connectivity index (χ2n) is 10.3. The van der Waals surface area contributed by atoms with E-state index in [0.29, 0.717) is 74.8 Å². The summed E-state index contributed by atoms with van der Waals surface area (Å²) in [5, 5.41) is 1.02. The van der Waals surface area contributed by atoms with Crippen LogP contribution in [0.25, 0.3) is 6.08 Å². The van der Waals surface area contributed by atoms with Gasteiger partial charge in [-0.1, -0.05) is 72.5 Å². The summed E-state index contributed by atoms with van der Waals surface area (Å²) in [6, 6.07) is 11.4. The van der Waals surface area contributed by atoms with E-state index in [1.165, 1.54) is 30.1 Å². The maximum absolute atomic E-state index is 14.3. The lowest BCUT2D eigenvalue weighted by atomic mass is 9.95. The number of halogens is 4. The summed E-state index contributed by atoms with van der Waals surface area (Å²) < 4.78 is 31.7. The van der Waals surface area contributed by atoms with E-state index < -0.39 is 12.0 Å². The molecule has 3 aromatic carbocycles. The van der Waals surface area contributed by atoms with Crippen LogP contribution in [0.2, 0.25) is 10.0 Å². The molecule has 0 amide bonds. The van der Waals surface area contributed by atoms with E-state index in [-0.39, 0.29) is 24.3 Å². The number of esters is 1. The second kappa shape index (κ2) is 15.5. The number of thiazole rings is 1. The van der Waals surface area contributed by atoms with E-state index in [0.717, 1.165) is 5.56 Å². The van der Waals surface area contributed by atoms with Crippen molar-refractivity contribution < 1.29 is 28.5 Å². The molecule has 5 rings (SSSR count). The zero-order valence-corrected chi connectivity index (χ0v) is 32.0. The lowest BCUT2D eigenvalue weighted by molar-refractivity contribution is -0.139. The minimum Gasteiger partial charge on any atom is -0.493 e. The molecule has 4 aromatic rings. The average molecular weight is 841 g/mol. The van der Waals surface area contributed by atoms with Crippen molar-refractivity contribution in [3.8, 4) is 23.0 Å². The van der Waals surface area contributed by atoms with Gasteiger partial charge in [0, 0.05) is 24.6 Å². The second-order valence-corrected chi connectivity index (χ2v) is 13.9. The fourth-order valence-corrected chi connectivity index (χ4v) is 7.62. The Hall–Kier alpha value is -3.29. The molecule has 0 radical (unpaired) electrons. The van der Waals surface area contributed by atoms with Gasteiger partial charge in [-0.05, 0) is 74.4 Å². The SMILES string of the molecule is CCOC(=O)C1=C(C)N=c2s/c(=C/c3cc(OC)c(OCc4ccc(Cl)cc4Cl)cc3Br)c(=O)n2[C@H]1c1cc(OC)c(OCC)cc1Br. The number of benzene rings is 3. The van der Waals surface area contributed by atoms with Crippen LogP contribution in [0.15, 0.2) is 72.5 Å². The summed E-state index contributed by atoms with van der Waals surface area (Å²) in [6.45, 7) is 6.09. The molecule has 0 N–H and O–H groups in total. The number of ether oxygens (including phenoxy) is 5. The number of fused-ring (bicyclic) bond motifs is 1. The van der Waals surface area contributed by atoms with Crippen LogP contribution in [0.3, 0.4) is 0 Å². The highest BCUT2D eigenvalue weighted by Crippen LogP contribution is 2.41. The molecule has 0 unspecified atom stereocenters. The molecule has 48 heavy (non-hydrogen) atoms. The van der Waals surface area contributed by atoms with Gasteiger partial charge in [-0.15, -0.1) is 0 Å². The first kappa shape index (κ1) is 36.0. The molecule has 1 aliphatic heterocycles. The largest absolute Gasteiger partial charge is 0.493 e. The fraction of sp³-hybridized carbons (Fsp3) is 0.265. The lowest BCUT2D eigenvalue weighted by Crippen LogP contribution is -2.40. The van der Waals surface area contributed by atoms with Crippen LogP contribution in [-0.2, 0) is 16.1 Å². The van der Waals surface area contributed by atoms with Gasteiger partial charge in [0.15, 0.2) is 27.8 Å². The Kier molecular flexibility index (Phi) is 11.6. The Balaban J connectivity index is 1.62. The van der Waals surface area contributed by atoms with Crippen molar-refractivity contribution in [1.29, 1.82) is 0 Å². The molecule has 0 fully saturated rings. The molecule has 0 saturated heterocycles. The smallest absolute Gasteiger partial charge is 0.338 e. The number of hydrogen-bond acceptors (Lipinski definition) is 9. The van der Waals surface area contributed by atoms with Crippen LogP contribution in [0.5, 0.6) is 23.0 Å². The summed E-state index contributed by atoms with van der Waals surface area (Å²) in [6.07, 6.45) is 1.74. The molecular weight excluding hydrogens is 811 g/mol. The number of methoxy groups -OCH3 is 2. The van der Waals surface area contributed by atoms with Gasteiger partial charge in [-0.3, -0.25) is 9.36 Å². The molecule has 1 aromatic heterocycles. The number of nitrogens with zero attached hydrogens (tertiary/aromatic N) is 2. The molecule has 0 saturated carbocycles. The van der Waals surface area contributed by atoms with E-state index >= 15 is 0 Å². The van der Waals surface area contributed by atoms with Crippen molar-refractivity contribution in [1.82, 2.24) is 4.57 Å². The van der Waals surface area contributed by atoms with Crippen molar-refractivity contribution in [3.05, 3.63) is 109 Å². The van der Waals surface area contributed by atoms with Crippen LogP contribution in [-0.4, -0.2) is 38.0 Å². The predicted octanol–water partition coefficient (Wildman–Crippen LogP) is 7.63. The van der Waals surface area contributed by atoms with Crippen molar-refractivity contribution in [2.24, 2.45) is 4.99 Å². The molecule has 9 nitrogen and oxygen atoms in total. The fourth-order valence-electron chi connectivity index (χ4n) is 5.14. The summed E-state index contributed by atoms with van der Waals surface area (Å²) in [7, 11) is 3.06. The summed E-state index contributed by atoms with van der Waals surface area (Å²) in [5.74, 6) is 1.32. The highest BCUT2D eigenvalue weighted by molar-refractivity contribution is 9.10. The van der Waals surface area contributed by atoms with Gasteiger partial charge >= 0.3 is 5.97 Å². The molecule has 14 heteroatoms. The maximum Gasteiger partial charge on any atom is 0.338 e. The van der Waals surface area contributed by atoms with Crippen molar-refractivity contribution in [3.63, 3.8) is 0 Å². The number of carbonyl (C=O) groups is 1. The van der Waals surface area contributed by atoms with Gasteiger partial charge in [-0.2, -0.15) is 0 Å². The number of hydrogen-bond donors (Lipinski definition) is 0. The Bertz CT molecular complexity index is 2110. The normalized spacial score (nSPS) is 14.4. The number of carbonyl (C=O) groups excluding carboxylic acids is 1. The van der Waals surface area contributed by atoms with E-state index in [2.05, 4.69) is 36.9 Å². The molecule has 0 spiro atoms. The van der Waals surface area contributed by atoms with Crippen molar-refractivity contribution >= 4 is 78.4 Å². The Labute approximate surface area is 307 Å². The third-order valence-corrected chi connectivity index (χ3v) is 10.3. The topological polar surface area (TPSA) is 97.6 Å². The standard InChI is InChI=1S/C34H30Br2Cl2N2O7S/c1-6-45-27-15-23(36)21(13-26(27)44-5)31-30(33(42)46-7-2)17(3)39-34-40(31)32(41)29(48-34)11-19-10-25(43-4)28(14-22(19)35)47-16-18-8-9-20(37)12-24(18)38/h8-15,31H,6-7,16H2,1-5H3/b29-11+/t31-/m0/s1. The number of allylic oxidation sites excluding steroid dienone is 1.